The Morgan fingerprint density at radius 1 is 0.598 bits per heavy atom. The van der Waals surface area contributed by atoms with Crippen LogP contribution in [0.3, 0.4) is 0 Å². The van der Waals surface area contributed by atoms with Gasteiger partial charge in [-0.05, 0) is 187 Å². The van der Waals surface area contributed by atoms with E-state index in [4.69, 9.17) is 57.2 Å². The smallest absolute Gasteiger partial charge is 0.870 e. The predicted octanol–water partition coefficient (Wildman–Crippen LogP) is 13.8. The van der Waals surface area contributed by atoms with Crippen LogP contribution in [0.15, 0.2) is 134 Å². The summed E-state index contributed by atoms with van der Waals surface area (Å²) in [4.78, 5) is 25.9. The summed E-state index contributed by atoms with van der Waals surface area (Å²) in [5, 5.41) is 50.0. The first-order chi connectivity index (χ1) is 45.4. The molecule has 496 valence electrons. The third-order valence-corrected chi connectivity index (χ3v) is 18.9. The largest absolute Gasteiger partial charge is 1.00 e. The van der Waals surface area contributed by atoms with E-state index in [9.17, 15) is 24.1 Å². The van der Waals surface area contributed by atoms with Crippen molar-refractivity contribution >= 4 is 108 Å². The second-order valence-electron chi connectivity index (χ2n) is 26.3. The zero-order valence-corrected chi connectivity index (χ0v) is 60.2. The molecule has 6 N–H and O–H groups in total. The summed E-state index contributed by atoms with van der Waals surface area (Å²) < 4.78 is 31.8. The Kier molecular flexibility index (Phi) is 23.7. The van der Waals surface area contributed by atoms with E-state index in [2.05, 4.69) is 111 Å². The molecule has 10 aromatic rings. The zero-order valence-electron chi connectivity index (χ0n) is 55.1. The first-order valence-corrected chi connectivity index (χ1v) is 32.9. The van der Waals surface area contributed by atoms with Crippen LogP contribution in [0.4, 0.5) is 42.9 Å². The molecule has 0 spiro atoms. The fourth-order valence-corrected chi connectivity index (χ4v) is 13.6. The molecule has 0 unspecified atom stereocenters. The van der Waals surface area contributed by atoms with Gasteiger partial charge in [-0.3, -0.25) is 24.6 Å². The number of hydrogen-bond donors (Lipinski definition) is 4. The minimum absolute atomic E-state index is 0. The summed E-state index contributed by atoms with van der Waals surface area (Å²) in [5.74, 6) is -1.65. The van der Waals surface area contributed by atoms with Gasteiger partial charge >= 0.3 is 29.6 Å². The second kappa shape index (κ2) is 31.4. The molecule has 4 aromatic heterocycles. The Bertz CT molecular complexity index is 4590. The van der Waals surface area contributed by atoms with Crippen LogP contribution in [0.1, 0.15) is 143 Å². The van der Waals surface area contributed by atoms with Gasteiger partial charge in [-0.1, -0.05) is 81.1 Å². The van der Waals surface area contributed by atoms with Gasteiger partial charge in [0.2, 0.25) is 5.91 Å². The van der Waals surface area contributed by atoms with Gasteiger partial charge in [-0.15, -0.1) is 10.2 Å². The molecular weight excluding hydrogens is 1320 g/mol. The number of hydrogen-bond acceptors (Lipinski definition) is 15. The molecule has 6 aromatic carbocycles. The third kappa shape index (κ3) is 17.4. The molecule has 2 saturated heterocycles. The number of carbonyl (C=O) groups is 1. The fourth-order valence-electron chi connectivity index (χ4n) is 12.7. The molecule has 97 heavy (non-hydrogen) atoms. The topological polar surface area (TPSA) is 250 Å². The van der Waals surface area contributed by atoms with Gasteiger partial charge < -0.3 is 27.2 Å². The van der Waals surface area contributed by atoms with E-state index in [0.29, 0.717) is 89.9 Å². The minimum atomic E-state index is -0.543. The molecule has 0 saturated carbocycles. The SMILES string of the molecule is CC(=O)Nc1cccc([C@H](Cc2cc(Cl)c3ncc(C#N)c(Nc4ccc(F)c(Cl)c4)c3c2)c2cn(C3CCN(C(C)(C)C)CC3)nn2)c1.CC(C)(C)N1CCC(n2cc([C@@H](Cc3cc(Cl)c4ncc(C#N)c(Nc5ccc(F)c(Cl)c5)c4c3)c3cccc(N)c3)nn2)CC1.[Na+].[OH-]. The van der Waals surface area contributed by atoms with Crippen molar-refractivity contribution in [2.24, 2.45) is 0 Å². The molecule has 2 fully saturated rings. The first kappa shape index (κ1) is 73.4. The van der Waals surface area contributed by atoms with Crippen molar-refractivity contribution in [3.8, 4) is 12.1 Å². The summed E-state index contributed by atoms with van der Waals surface area (Å²) in [5.41, 5.74) is 16.9. The number of nitrogens with two attached hydrogens (primary N) is 1. The number of carbonyl (C=O) groups excluding carboxylic acids is 1. The van der Waals surface area contributed by atoms with Gasteiger partial charge in [0.05, 0.1) is 77.1 Å². The number of aromatic nitrogens is 8. The summed E-state index contributed by atoms with van der Waals surface area (Å²) in [7, 11) is 0. The molecule has 0 aliphatic carbocycles. The molecule has 2 atom stereocenters. The van der Waals surface area contributed by atoms with Crippen LogP contribution in [0.2, 0.25) is 20.1 Å². The number of pyridine rings is 2. The zero-order chi connectivity index (χ0) is 67.5. The summed E-state index contributed by atoms with van der Waals surface area (Å²) in [6.07, 6.45) is 12.0. The van der Waals surface area contributed by atoms with E-state index in [-0.39, 0.29) is 86.0 Å². The van der Waals surface area contributed by atoms with Crippen molar-refractivity contribution in [1.29, 1.82) is 10.5 Å². The summed E-state index contributed by atoms with van der Waals surface area (Å²) in [6, 6.07) is 36.8. The van der Waals surface area contributed by atoms with Crippen molar-refractivity contribution in [2.75, 3.05) is 47.9 Å². The Balaban J connectivity index is 0.000000223. The monoisotopic (exact) mass is 1390 g/mol. The van der Waals surface area contributed by atoms with Gasteiger partial charge in [-0.2, -0.15) is 10.5 Å². The molecule has 6 heterocycles. The van der Waals surface area contributed by atoms with Crippen molar-refractivity contribution in [3.63, 3.8) is 0 Å². The Morgan fingerprint density at radius 3 is 1.41 bits per heavy atom. The van der Waals surface area contributed by atoms with Crippen LogP contribution in [0.25, 0.3) is 21.8 Å². The van der Waals surface area contributed by atoms with E-state index in [1.54, 1.807) is 12.1 Å². The number of likely N-dealkylation sites (tertiary alicyclic amines) is 2. The van der Waals surface area contributed by atoms with E-state index in [1.165, 1.54) is 43.6 Å². The molecule has 0 bridgehead atoms. The molecule has 0 radical (unpaired) electrons. The second-order valence-corrected chi connectivity index (χ2v) is 27.9. The van der Waals surface area contributed by atoms with Crippen LogP contribution in [0, 0.1) is 34.3 Å². The number of rotatable bonds is 15. The summed E-state index contributed by atoms with van der Waals surface area (Å²) >= 11 is 25.8. The Morgan fingerprint density at radius 2 is 1.02 bits per heavy atom. The van der Waals surface area contributed by atoms with Gasteiger partial charge in [0, 0.05) is 114 Å². The molecule has 12 rings (SSSR count). The first-order valence-electron chi connectivity index (χ1n) is 31.4. The van der Waals surface area contributed by atoms with E-state index in [1.807, 2.05) is 88.4 Å². The maximum absolute atomic E-state index is 13.9. The van der Waals surface area contributed by atoms with Gasteiger partial charge in [0.1, 0.15) is 23.8 Å². The molecule has 25 heteroatoms. The summed E-state index contributed by atoms with van der Waals surface area (Å²) in [6.45, 7) is 19.0. The number of amides is 1. The van der Waals surface area contributed by atoms with Crippen molar-refractivity contribution < 1.29 is 48.6 Å². The number of nitriles is 2. The Labute approximate surface area is 605 Å². The number of nitrogen functional groups attached to an aromatic ring is 1. The van der Waals surface area contributed by atoms with Gasteiger partial charge in [-0.25, -0.2) is 18.1 Å². The maximum Gasteiger partial charge on any atom is 1.00 e. The quantitative estimate of drug-likeness (QED) is 0.0550. The average Bonchev–Trinajstić information content (AvgIpc) is 1.28. The van der Waals surface area contributed by atoms with Crippen molar-refractivity contribution in [2.45, 2.75) is 122 Å². The third-order valence-electron chi connectivity index (χ3n) is 17.7. The molecule has 18 nitrogen and oxygen atoms in total. The fraction of sp³-hybridized carbons (Fsp3) is 0.319. The maximum atomic E-state index is 13.9. The number of nitrogens with zero attached hydrogens (tertiary/aromatic N) is 12. The molecule has 1 amide bonds. The minimum Gasteiger partial charge on any atom is -0.870 e. The molecular formula is C72H73Cl4F2N16NaO2. The normalized spacial score (nSPS) is 14.7. The van der Waals surface area contributed by atoms with E-state index >= 15 is 0 Å². The van der Waals surface area contributed by atoms with Crippen LogP contribution >= 0.6 is 46.4 Å². The number of benzene rings is 6. The van der Waals surface area contributed by atoms with Crippen LogP contribution in [-0.4, -0.2) is 98.4 Å². The van der Waals surface area contributed by atoms with Crippen LogP contribution in [-0.2, 0) is 17.6 Å². The van der Waals surface area contributed by atoms with Crippen molar-refractivity contribution in [3.05, 3.63) is 210 Å². The van der Waals surface area contributed by atoms with Crippen LogP contribution < -0.4 is 51.2 Å². The van der Waals surface area contributed by atoms with Crippen molar-refractivity contribution in [1.82, 2.24) is 49.8 Å². The number of nitrogens with one attached hydrogen (secondary N) is 3. The number of halogens is 6. The number of piperidine rings is 2. The number of fused-ring (bicyclic) bond motifs is 2. The van der Waals surface area contributed by atoms with E-state index in [0.717, 1.165) is 85.5 Å². The Hall–Kier alpha value is -7.83. The average molecular weight is 1400 g/mol. The standard InChI is InChI=1S/C37H37Cl2FN8O.C35H35Cl2FN8.Na.H2O/c1-22(49)43-26-7-5-6-24(17-26)29(34-21-48(46-45-34)28-10-12-47(13-11-28)37(2,3)4)14-23-15-30-35(44-27-8-9-33(40)31(38)18-27)25(19-41)20-42-36(30)32(39)16-23;1-35(2,3)45-11-9-26(10-12-45)46-20-32(43-44-46)27(22-5-4-6-24(40)16-22)13-21-14-28-33(42-25-7-8-31(38)29(36)17-25)23(18-39)19-41-34(28)30(37)15-21;;/h5-9,15-18,20-21,28-29H,10-14H2,1-4H3,(H,42,44)(H,43,49);4-8,14-17,19-20,26-27H,9-13,40H2,1-3H3,(H,41,42);;1H2/q;;+1;/p-1/t29-;27-;;/m00../s1. The van der Waals surface area contributed by atoms with E-state index < -0.39 is 11.6 Å². The van der Waals surface area contributed by atoms with Gasteiger partial charge in [0.25, 0.3) is 0 Å². The van der Waals surface area contributed by atoms with Crippen LogP contribution in [0.5, 0.6) is 0 Å². The molecule has 2 aliphatic heterocycles. The van der Waals surface area contributed by atoms with Gasteiger partial charge in [0.15, 0.2) is 0 Å². The molecule has 2 aliphatic rings. The number of anilines is 6. The predicted molar refractivity (Wildman–Crippen MR) is 376 cm³/mol.